The number of nitriles is 1. The predicted octanol–water partition coefficient (Wildman–Crippen LogP) is 4.30. The maximum absolute atomic E-state index is 12.8. The SMILES string of the molecule is Cc1cc(C#N)ccc1-c1cccc(C(=O)N(C)CCC2(O)CCCC2)c1. The molecule has 0 spiro atoms. The topological polar surface area (TPSA) is 64.3 Å². The Labute approximate surface area is 161 Å². The Bertz CT molecular complexity index is 876. The van der Waals surface area contributed by atoms with Crippen LogP contribution in [0.2, 0.25) is 0 Å². The second-order valence-corrected chi connectivity index (χ2v) is 7.63. The largest absolute Gasteiger partial charge is 0.390 e. The zero-order valence-corrected chi connectivity index (χ0v) is 16.0. The number of hydrogen-bond acceptors (Lipinski definition) is 3. The van der Waals surface area contributed by atoms with Gasteiger partial charge in [0, 0.05) is 19.2 Å². The second kappa shape index (κ2) is 7.94. The Morgan fingerprint density at radius 2 is 1.96 bits per heavy atom. The number of hydrogen-bond donors (Lipinski definition) is 1. The number of rotatable bonds is 5. The first-order valence-corrected chi connectivity index (χ1v) is 9.51. The van der Waals surface area contributed by atoms with Crippen LogP contribution in [0.3, 0.4) is 0 Å². The van der Waals surface area contributed by atoms with Gasteiger partial charge in [0.2, 0.25) is 0 Å². The molecule has 2 aromatic rings. The van der Waals surface area contributed by atoms with Gasteiger partial charge in [0.15, 0.2) is 0 Å². The van der Waals surface area contributed by atoms with Gasteiger partial charge in [0.1, 0.15) is 0 Å². The van der Waals surface area contributed by atoms with Crippen LogP contribution < -0.4 is 0 Å². The highest BCUT2D eigenvalue weighted by Gasteiger charge is 2.31. The van der Waals surface area contributed by atoms with Crippen LogP contribution in [0, 0.1) is 18.3 Å². The van der Waals surface area contributed by atoms with Gasteiger partial charge < -0.3 is 10.0 Å². The fourth-order valence-electron chi connectivity index (χ4n) is 3.86. The summed E-state index contributed by atoms with van der Waals surface area (Å²) in [7, 11) is 1.79. The van der Waals surface area contributed by atoms with Gasteiger partial charge >= 0.3 is 0 Å². The summed E-state index contributed by atoms with van der Waals surface area (Å²) in [6.45, 7) is 2.52. The summed E-state index contributed by atoms with van der Waals surface area (Å²) in [6, 6.07) is 15.3. The van der Waals surface area contributed by atoms with Crippen molar-refractivity contribution in [2.24, 2.45) is 0 Å². The molecule has 3 rings (SSSR count). The fraction of sp³-hybridized carbons (Fsp3) is 0.391. The van der Waals surface area contributed by atoms with Crippen molar-refractivity contribution in [2.75, 3.05) is 13.6 Å². The lowest BCUT2D eigenvalue weighted by molar-refractivity contribution is 0.0296. The molecule has 1 aliphatic carbocycles. The molecule has 0 saturated heterocycles. The Hall–Kier alpha value is -2.64. The van der Waals surface area contributed by atoms with Gasteiger partial charge in [-0.3, -0.25) is 4.79 Å². The van der Waals surface area contributed by atoms with Crippen LogP contribution in [0.4, 0.5) is 0 Å². The second-order valence-electron chi connectivity index (χ2n) is 7.63. The molecule has 1 amide bonds. The van der Waals surface area contributed by atoms with Gasteiger partial charge in [-0.25, -0.2) is 0 Å². The van der Waals surface area contributed by atoms with Crippen LogP contribution in [-0.2, 0) is 0 Å². The number of amides is 1. The molecule has 1 fully saturated rings. The van der Waals surface area contributed by atoms with E-state index in [0.717, 1.165) is 42.4 Å². The molecule has 0 heterocycles. The summed E-state index contributed by atoms with van der Waals surface area (Å²) in [5, 5.41) is 19.5. The summed E-state index contributed by atoms with van der Waals surface area (Å²) in [5.74, 6) is -0.0373. The minimum absolute atomic E-state index is 0.0373. The third kappa shape index (κ3) is 4.37. The Balaban J connectivity index is 1.74. The van der Waals surface area contributed by atoms with E-state index in [9.17, 15) is 9.90 Å². The molecule has 140 valence electrons. The van der Waals surface area contributed by atoms with Crippen LogP contribution in [0.15, 0.2) is 42.5 Å². The van der Waals surface area contributed by atoms with E-state index in [1.807, 2.05) is 43.3 Å². The summed E-state index contributed by atoms with van der Waals surface area (Å²) >= 11 is 0. The summed E-state index contributed by atoms with van der Waals surface area (Å²) in [5.41, 5.74) is 3.66. The molecule has 4 nitrogen and oxygen atoms in total. The fourth-order valence-corrected chi connectivity index (χ4v) is 3.86. The number of nitrogens with zero attached hydrogens (tertiary/aromatic N) is 2. The normalized spacial score (nSPS) is 15.3. The number of aliphatic hydroxyl groups is 1. The quantitative estimate of drug-likeness (QED) is 0.862. The van der Waals surface area contributed by atoms with E-state index in [1.54, 1.807) is 18.0 Å². The van der Waals surface area contributed by atoms with Gasteiger partial charge in [0.25, 0.3) is 5.91 Å². The lowest BCUT2D eigenvalue weighted by atomic mass is 9.96. The van der Waals surface area contributed by atoms with Crippen LogP contribution in [0.1, 0.15) is 53.6 Å². The summed E-state index contributed by atoms with van der Waals surface area (Å²) in [4.78, 5) is 14.5. The lowest BCUT2D eigenvalue weighted by Crippen LogP contribution is -2.34. The first kappa shape index (κ1) is 19.1. The van der Waals surface area contributed by atoms with Crippen LogP contribution in [0.5, 0.6) is 0 Å². The van der Waals surface area contributed by atoms with Gasteiger partial charge in [-0.15, -0.1) is 0 Å². The van der Waals surface area contributed by atoms with Crippen LogP contribution >= 0.6 is 0 Å². The molecule has 0 radical (unpaired) electrons. The Morgan fingerprint density at radius 3 is 2.63 bits per heavy atom. The van der Waals surface area contributed by atoms with Gasteiger partial charge in [-0.1, -0.05) is 31.0 Å². The first-order valence-electron chi connectivity index (χ1n) is 9.51. The van der Waals surface area contributed by atoms with Crippen molar-refractivity contribution in [1.82, 2.24) is 4.90 Å². The molecule has 1 aliphatic rings. The smallest absolute Gasteiger partial charge is 0.253 e. The molecular formula is C23H26N2O2. The summed E-state index contributed by atoms with van der Waals surface area (Å²) in [6.07, 6.45) is 4.44. The Morgan fingerprint density at radius 1 is 1.22 bits per heavy atom. The van der Waals surface area contributed by atoms with E-state index in [1.165, 1.54) is 0 Å². The Kier molecular flexibility index (Phi) is 5.62. The molecule has 4 heteroatoms. The molecule has 27 heavy (non-hydrogen) atoms. The zero-order chi connectivity index (χ0) is 19.4. The zero-order valence-electron chi connectivity index (χ0n) is 16.0. The predicted molar refractivity (Wildman–Crippen MR) is 106 cm³/mol. The number of benzene rings is 2. The van der Waals surface area contributed by atoms with E-state index in [2.05, 4.69) is 6.07 Å². The van der Waals surface area contributed by atoms with E-state index in [-0.39, 0.29) is 5.91 Å². The maximum Gasteiger partial charge on any atom is 0.253 e. The average molecular weight is 362 g/mol. The molecule has 0 atom stereocenters. The van der Waals surface area contributed by atoms with Crippen LogP contribution in [-0.4, -0.2) is 35.1 Å². The molecule has 0 bridgehead atoms. The van der Waals surface area contributed by atoms with Crippen molar-refractivity contribution in [3.05, 3.63) is 59.2 Å². The number of carbonyl (C=O) groups excluding carboxylic acids is 1. The highest BCUT2D eigenvalue weighted by Crippen LogP contribution is 2.32. The first-order chi connectivity index (χ1) is 12.9. The highest BCUT2D eigenvalue weighted by atomic mass is 16.3. The molecule has 0 aliphatic heterocycles. The van der Waals surface area contributed by atoms with E-state index < -0.39 is 5.60 Å². The van der Waals surface area contributed by atoms with Gasteiger partial charge in [-0.2, -0.15) is 5.26 Å². The van der Waals surface area contributed by atoms with Gasteiger partial charge in [-0.05, 0) is 67.1 Å². The average Bonchev–Trinajstić information content (AvgIpc) is 3.12. The highest BCUT2D eigenvalue weighted by molar-refractivity contribution is 5.95. The van der Waals surface area contributed by atoms with Crippen molar-refractivity contribution in [1.29, 1.82) is 5.26 Å². The molecule has 1 N–H and O–H groups in total. The molecular weight excluding hydrogens is 336 g/mol. The minimum atomic E-state index is -0.601. The summed E-state index contributed by atoms with van der Waals surface area (Å²) < 4.78 is 0. The van der Waals surface area contributed by atoms with E-state index in [4.69, 9.17) is 5.26 Å². The third-order valence-corrected chi connectivity index (χ3v) is 5.57. The number of carbonyl (C=O) groups is 1. The molecule has 0 unspecified atom stereocenters. The molecule has 0 aromatic heterocycles. The van der Waals surface area contributed by atoms with E-state index in [0.29, 0.717) is 24.1 Å². The molecule has 2 aromatic carbocycles. The number of aryl methyl sites for hydroxylation is 1. The van der Waals surface area contributed by atoms with Crippen molar-refractivity contribution in [3.8, 4) is 17.2 Å². The van der Waals surface area contributed by atoms with Crippen molar-refractivity contribution < 1.29 is 9.90 Å². The lowest BCUT2D eigenvalue weighted by Gasteiger charge is -2.26. The maximum atomic E-state index is 12.8. The van der Waals surface area contributed by atoms with Crippen molar-refractivity contribution in [2.45, 2.75) is 44.6 Å². The van der Waals surface area contributed by atoms with Crippen molar-refractivity contribution in [3.63, 3.8) is 0 Å². The third-order valence-electron chi connectivity index (χ3n) is 5.57. The van der Waals surface area contributed by atoms with E-state index >= 15 is 0 Å². The molecule has 1 saturated carbocycles. The minimum Gasteiger partial charge on any atom is -0.390 e. The van der Waals surface area contributed by atoms with Crippen molar-refractivity contribution >= 4 is 5.91 Å². The van der Waals surface area contributed by atoms with Crippen LogP contribution in [0.25, 0.3) is 11.1 Å². The van der Waals surface area contributed by atoms with Gasteiger partial charge in [0.05, 0.1) is 17.2 Å². The monoisotopic (exact) mass is 362 g/mol. The standard InChI is InChI=1S/C23H26N2O2/c1-17-14-18(16-24)8-9-21(17)19-6-5-7-20(15-19)22(26)25(2)13-12-23(27)10-3-4-11-23/h5-9,14-15,27H,3-4,10-13H2,1-2H3.